The van der Waals surface area contributed by atoms with E-state index in [1.165, 1.54) is 0 Å². The van der Waals surface area contributed by atoms with Crippen molar-refractivity contribution in [2.75, 3.05) is 6.54 Å². The van der Waals surface area contributed by atoms with Gasteiger partial charge in [-0.25, -0.2) is 0 Å². The predicted molar refractivity (Wildman–Crippen MR) is 34.9 cm³/mol. The summed E-state index contributed by atoms with van der Waals surface area (Å²) in [5.74, 6) is 0. The molecule has 0 radical (unpaired) electrons. The molecule has 0 unspecified atom stereocenters. The molecule has 44 valence electrons. The molecule has 0 atom stereocenters. The van der Waals surface area contributed by atoms with Gasteiger partial charge in [0.15, 0.2) is 0 Å². The van der Waals surface area contributed by atoms with Crippen LogP contribution in [-0.2, 0) is 0 Å². The highest BCUT2D eigenvalue weighted by Gasteiger charge is 2.05. The predicted octanol–water partition coefficient (Wildman–Crippen LogP) is 0.694. The van der Waals surface area contributed by atoms with Gasteiger partial charge in [-0.3, -0.25) is 4.99 Å². The Bertz CT molecular complexity index is 135. The van der Waals surface area contributed by atoms with E-state index in [0.717, 1.165) is 25.1 Å². The van der Waals surface area contributed by atoms with Gasteiger partial charge < -0.3 is 5.73 Å². The molecule has 0 aromatic heterocycles. The number of hydrogen-bond acceptors (Lipinski definition) is 2. The van der Waals surface area contributed by atoms with Crippen molar-refractivity contribution in [2.24, 2.45) is 10.7 Å². The zero-order chi connectivity index (χ0) is 5.98. The summed E-state index contributed by atoms with van der Waals surface area (Å²) >= 11 is 0. The average Bonchev–Trinajstić information content (AvgIpc) is 2.12. The molecular formula is C6H10N2. The summed E-state index contributed by atoms with van der Waals surface area (Å²) in [6, 6.07) is 0. The zero-order valence-corrected chi connectivity index (χ0v) is 4.85. The van der Waals surface area contributed by atoms with Gasteiger partial charge in [0.2, 0.25) is 0 Å². The van der Waals surface area contributed by atoms with Crippen molar-refractivity contribution in [2.45, 2.75) is 12.8 Å². The SMILES string of the molecule is C=C(N)C1=NCCC1. The highest BCUT2D eigenvalue weighted by Crippen LogP contribution is 2.06. The highest BCUT2D eigenvalue weighted by molar-refractivity contribution is 5.99. The third-order valence-electron chi connectivity index (χ3n) is 1.25. The Hall–Kier alpha value is -0.790. The van der Waals surface area contributed by atoms with Crippen LogP contribution < -0.4 is 5.73 Å². The monoisotopic (exact) mass is 110 g/mol. The first-order chi connectivity index (χ1) is 3.80. The molecule has 1 rings (SSSR count). The summed E-state index contributed by atoms with van der Waals surface area (Å²) in [5.41, 5.74) is 7.02. The van der Waals surface area contributed by atoms with Crippen molar-refractivity contribution in [3.05, 3.63) is 12.3 Å². The fourth-order valence-electron chi connectivity index (χ4n) is 0.802. The fourth-order valence-corrected chi connectivity index (χ4v) is 0.802. The van der Waals surface area contributed by atoms with Gasteiger partial charge >= 0.3 is 0 Å². The molecule has 1 aliphatic rings. The summed E-state index contributed by atoms with van der Waals surface area (Å²) in [5, 5.41) is 0. The molecule has 0 saturated carbocycles. The minimum atomic E-state index is 0.641. The molecule has 0 saturated heterocycles. The lowest BCUT2D eigenvalue weighted by atomic mass is 10.2. The zero-order valence-electron chi connectivity index (χ0n) is 4.85. The van der Waals surface area contributed by atoms with E-state index in [0.29, 0.717) is 5.70 Å². The summed E-state index contributed by atoms with van der Waals surface area (Å²) < 4.78 is 0. The Balaban J connectivity index is 2.57. The van der Waals surface area contributed by atoms with Crippen molar-refractivity contribution in [1.29, 1.82) is 0 Å². The van der Waals surface area contributed by atoms with Crippen molar-refractivity contribution < 1.29 is 0 Å². The van der Waals surface area contributed by atoms with Crippen LogP contribution in [0.5, 0.6) is 0 Å². The Kier molecular flexibility index (Phi) is 1.33. The van der Waals surface area contributed by atoms with E-state index in [-0.39, 0.29) is 0 Å². The van der Waals surface area contributed by atoms with Gasteiger partial charge in [-0.15, -0.1) is 0 Å². The van der Waals surface area contributed by atoms with E-state index in [1.54, 1.807) is 0 Å². The number of allylic oxidation sites excluding steroid dienone is 1. The molecule has 2 N–H and O–H groups in total. The van der Waals surface area contributed by atoms with Crippen molar-refractivity contribution in [3.63, 3.8) is 0 Å². The van der Waals surface area contributed by atoms with Crippen LogP contribution in [0.15, 0.2) is 17.3 Å². The van der Waals surface area contributed by atoms with E-state index in [1.807, 2.05) is 0 Å². The summed E-state index contributed by atoms with van der Waals surface area (Å²) in [6.45, 7) is 4.52. The molecule has 0 aliphatic carbocycles. The topological polar surface area (TPSA) is 38.4 Å². The van der Waals surface area contributed by atoms with Crippen LogP contribution >= 0.6 is 0 Å². The molecule has 0 bridgehead atoms. The first kappa shape index (κ1) is 5.35. The van der Waals surface area contributed by atoms with Crippen LogP contribution in [0.3, 0.4) is 0 Å². The second kappa shape index (κ2) is 1.99. The molecular weight excluding hydrogens is 100 g/mol. The third-order valence-corrected chi connectivity index (χ3v) is 1.25. The maximum Gasteiger partial charge on any atom is 0.0571 e. The van der Waals surface area contributed by atoms with Crippen molar-refractivity contribution >= 4 is 5.71 Å². The van der Waals surface area contributed by atoms with Gasteiger partial charge in [-0.2, -0.15) is 0 Å². The quantitative estimate of drug-likeness (QED) is 0.530. The molecule has 1 aliphatic heterocycles. The van der Waals surface area contributed by atoms with Crippen LogP contribution in [0.4, 0.5) is 0 Å². The van der Waals surface area contributed by atoms with Crippen LogP contribution in [0.2, 0.25) is 0 Å². The largest absolute Gasteiger partial charge is 0.398 e. The number of rotatable bonds is 1. The van der Waals surface area contributed by atoms with E-state index < -0.39 is 0 Å². The van der Waals surface area contributed by atoms with Gasteiger partial charge in [0.25, 0.3) is 0 Å². The number of nitrogens with two attached hydrogens (primary N) is 1. The second-order valence-electron chi connectivity index (χ2n) is 1.96. The van der Waals surface area contributed by atoms with E-state index in [9.17, 15) is 0 Å². The smallest absolute Gasteiger partial charge is 0.0571 e. The average molecular weight is 110 g/mol. The molecule has 0 aromatic rings. The molecule has 0 spiro atoms. The highest BCUT2D eigenvalue weighted by atomic mass is 14.8. The Morgan fingerprint density at radius 3 is 2.75 bits per heavy atom. The standard InChI is InChI=1S/C6H10N2/c1-5(7)6-3-2-4-8-6/h1-4,7H2. The molecule has 0 aromatic carbocycles. The third kappa shape index (κ3) is 0.886. The Labute approximate surface area is 49.1 Å². The lowest BCUT2D eigenvalue weighted by Crippen LogP contribution is -2.06. The first-order valence-corrected chi connectivity index (χ1v) is 2.79. The molecule has 0 fully saturated rings. The summed E-state index contributed by atoms with van der Waals surface area (Å²) in [7, 11) is 0. The first-order valence-electron chi connectivity index (χ1n) is 2.79. The van der Waals surface area contributed by atoms with Gasteiger partial charge in [-0.1, -0.05) is 6.58 Å². The lowest BCUT2D eigenvalue weighted by Gasteiger charge is -1.92. The molecule has 0 amide bonds. The number of aliphatic imine (C=N–C) groups is 1. The second-order valence-corrected chi connectivity index (χ2v) is 1.96. The van der Waals surface area contributed by atoms with E-state index in [4.69, 9.17) is 5.73 Å². The van der Waals surface area contributed by atoms with Gasteiger partial charge in [0.1, 0.15) is 0 Å². The molecule has 8 heavy (non-hydrogen) atoms. The maximum atomic E-state index is 5.37. The molecule has 1 heterocycles. The molecule has 2 nitrogen and oxygen atoms in total. The van der Waals surface area contributed by atoms with Crippen LogP contribution in [-0.4, -0.2) is 12.3 Å². The minimum absolute atomic E-state index is 0.641. The number of nitrogens with zero attached hydrogens (tertiary/aromatic N) is 1. The fraction of sp³-hybridized carbons (Fsp3) is 0.500. The van der Waals surface area contributed by atoms with Gasteiger partial charge in [0.05, 0.1) is 5.71 Å². The van der Waals surface area contributed by atoms with Crippen LogP contribution in [0.1, 0.15) is 12.8 Å². The lowest BCUT2D eigenvalue weighted by molar-refractivity contribution is 0.951. The summed E-state index contributed by atoms with van der Waals surface area (Å²) in [6.07, 6.45) is 2.17. The minimum Gasteiger partial charge on any atom is -0.398 e. The van der Waals surface area contributed by atoms with Crippen LogP contribution in [0.25, 0.3) is 0 Å². The van der Waals surface area contributed by atoms with Gasteiger partial charge in [-0.05, 0) is 12.8 Å². The van der Waals surface area contributed by atoms with Gasteiger partial charge in [0, 0.05) is 12.2 Å². The summed E-state index contributed by atoms with van der Waals surface area (Å²) in [4.78, 5) is 4.13. The maximum absolute atomic E-state index is 5.37. The van der Waals surface area contributed by atoms with Crippen molar-refractivity contribution in [1.82, 2.24) is 0 Å². The van der Waals surface area contributed by atoms with E-state index in [2.05, 4.69) is 11.6 Å². The van der Waals surface area contributed by atoms with Crippen LogP contribution in [0, 0.1) is 0 Å². The Morgan fingerprint density at radius 1 is 1.75 bits per heavy atom. The van der Waals surface area contributed by atoms with Crippen molar-refractivity contribution in [3.8, 4) is 0 Å². The normalized spacial score (nSPS) is 18.2. The Morgan fingerprint density at radius 2 is 2.50 bits per heavy atom. The van der Waals surface area contributed by atoms with E-state index >= 15 is 0 Å². The number of hydrogen-bond donors (Lipinski definition) is 1. The molecule has 2 heteroatoms.